The molecule has 2 aromatic carbocycles. The number of carboxylic acids is 1. The van der Waals surface area contributed by atoms with E-state index in [2.05, 4.69) is 21.2 Å². The number of hydrogen-bond acceptors (Lipinski definition) is 8. The maximum Gasteiger partial charge on any atom is 0.305 e. The van der Waals surface area contributed by atoms with Crippen LogP contribution >= 0.6 is 39.9 Å². The van der Waals surface area contributed by atoms with Crippen LogP contribution in [0.15, 0.2) is 56.7 Å². The number of thioether (sulfide) groups is 1. The number of nitrogens with one attached hydrogen (secondary N) is 1. The van der Waals surface area contributed by atoms with Gasteiger partial charge in [0, 0.05) is 22.3 Å². The smallest absolute Gasteiger partial charge is 0.305 e. The monoisotopic (exact) mass is 599 g/mol. The summed E-state index contributed by atoms with van der Waals surface area (Å²) in [4.78, 5) is 37.3. The molecule has 0 bridgehead atoms. The van der Waals surface area contributed by atoms with Gasteiger partial charge in [0.2, 0.25) is 10.0 Å². The van der Waals surface area contributed by atoms with Gasteiger partial charge in [-0.1, -0.05) is 39.9 Å². The van der Waals surface area contributed by atoms with Gasteiger partial charge in [0.15, 0.2) is 6.61 Å². The summed E-state index contributed by atoms with van der Waals surface area (Å²) in [6.07, 6.45) is 1.33. The van der Waals surface area contributed by atoms with E-state index in [4.69, 9.17) is 27.2 Å². The Morgan fingerprint density at radius 3 is 2.54 bits per heavy atom. The molecule has 2 amide bonds. The molecule has 0 radical (unpaired) electrons. The van der Waals surface area contributed by atoms with Crippen molar-refractivity contribution < 1.29 is 32.6 Å². The highest BCUT2D eigenvalue weighted by molar-refractivity contribution is 9.10. The molecule has 1 fully saturated rings. The Balaban J connectivity index is 1.70. The van der Waals surface area contributed by atoms with E-state index in [1.807, 2.05) is 0 Å². The molecule has 14 heteroatoms. The molecule has 3 rings (SSSR count). The van der Waals surface area contributed by atoms with Crippen LogP contribution in [0.4, 0.5) is 5.69 Å². The lowest BCUT2D eigenvalue weighted by molar-refractivity contribution is -0.137. The van der Waals surface area contributed by atoms with Gasteiger partial charge in [0.25, 0.3) is 11.8 Å². The summed E-state index contributed by atoms with van der Waals surface area (Å²) in [6.45, 7) is -0.392. The predicted molar refractivity (Wildman–Crippen MR) is 138 cm³/mol. The van der Waals surface area contributed by atoms with E-state index >= 15 is 0 Å². The molecule has 0 unspecified atom stereocenters. The first kappa shape index (κ1) is 26.8. The summed E-state index contributed by atoms with van der Waals surface area (Å²) >= 11 is 9.60. The average Bonchev–Trinajstić information content (AvgIpc) is 3.03. The number of benzene rings is 2. The number of nitrogens with zero attached hydrogens (tertiary/aromatic N) is 1. The molecule has 1 aliphatic heterocycles. The van der Waals surface area contributed by atoms with E-state index in [0.717, 1.165) is 11.8 Å². The summed E-state index contributed by atoms with van der Waals surface area (Å²) in [5.41, 5.74) is 0.857. The lowest BCUT2D eigenvalue weighted by Gasteiger charge is -2.12. The third-order valence-corrected chi connectivity index (χ3v) is 7.31. The Kier molecular flexibility index (Phi) is 8.66. The van der Waals surface area contributed by atoms with Gasteiger partial charge >= 0.3 is 5.97 Å². The number of halogens is 1. The first-order chi connectivity index (χ1) is 16.4. The number of rotatable bonds is 9. The predicted octanol–water partition coefficient (Wildman–Crippen LogP) is 2.79. The number of nitrogens with two attached hydrogens (primary N) is 1. The number of thiocarbonyl (C=S) groups is 1. The van der Waals surface area contributed by atoms with Crippen LogP contribution in [0.3, 0.4) is 0 Å². The van der Waals surface area contributed by atoms with E-state index < -0.39 is 27.8 Å². The number of hydrogen-bond donors (Lipinski definition) is 3. The van der Waals surface area contributed by atoms with Gasteiger partial charge in [-0.2, -0.15) is 0 Å². The number of amides is 2. The van der Waals surface area contributed by atoms with Crippen molar-refractivity contribution >= 4 is 83.8 Å². The Morgan fingerprint density at radius 1 is 1.23 bits per heavy atom. The Bertz CT molecular complexity index is 1330. The van der Waals surface area contributed by atoms with Gasteiger partial charge in [-0.15, -0.1) is 0 Å². The lowest BCUT2D eigenvalue weighted by Crippen LogP contribution is -2.30. The standard InChI is InChI=1S/C21H18BrN3O7S3/c22-13-1-6-16(32-11-18(26)24-14-2-4-15(5-3-14)35(23,30)31)12(9-13)10-17-20(29)25(21(33)34-17)8-7-19(27)28/h1-6,9-10H,7-8,11H2,(H,24,26)(H,27,28)(H2,23,30,31)/b17-10-. The summed E-state index contributed by atoms with van der Waals surface area (Å²) in [5, 5.41) is 16.5. The average molecular weight is 600 g/mol. The Hall–Kier alpha value is -2.78. The number of carboxylic acid groups (broad SMARTS) is 1. The number of aliphatic carboxylic acids is 1. The molecule has 1 heterocycles. The highest BCUT2D eigenvalue weighted by Gasteiger charge is 2.32. The van der Waals surface area contributed by atoms with Crippen LogP contribution in [0.25, 0.3) is 6.08 Å². The van der Waals surface area contributed by atoms with Crippen molar-refractivity contribution in [3.63, 3.8) is 0 Å². The zero-order valence-electron chi connectivity index (χ0n) is 17.8. The van der Waals surface area contributed by atoms with Crippen molar-refractivity contribution in [1.29, 1.82) is 0 Å². The zero-order chi connectivity index (χ0) is 25.8. The fraction of sp³-hybridized carbons (Fsp3) is 0.143. The topological polar surface area (TPSA) is 156 Å². The highest BCUT2D eigenvalue weighted by Crippen LogP contribution is 2.35. The summed E-state index contributed by atoms with van der Waals surface area (Å²) in [6, 6.07) is 10.4. The fourth-order valence-electron chi connectivity index (χ4n) is 2.87. The van der Waals surface area contributed by atoms with Crippen molar-refractivity contribution in [2.45, 2.75) is 11.3 Å². The van der Waals surface area contributed by atoms with Gasteiger partial charge in [0.1, 0.15) is 10.1 Å². The minimum absolute atomic E-state index is 0.0302. The third-order valence-electron chi connectivity index (χ3n) is 4.51. The van der Waals surface area contributed by atoms with Gasteiger partial charge in [-0.25, -0.2) is 13.6 Å². The Labute approximate surface area is 218 Å². The molecule has 35 heavy (non-hydrogen) atoms. The number of sulfonamides is 1. The van der Waals surface area contributed by atoms with Crippen LogP contribution in [0.2, 0.25) is 0 Å². The lowest BCUT2D eigenvalue weighted by atomic mass is 10.2. The quantitative estimate of drug-likeness (QED) is 0.291. The number of primary sulfonamides is 1. The summed E-state index contributed by atoms with van der Waals surface area (Å²) < 4.78 is 29.3. The van der Waals surface area contributed by atoms with Crippen LogP contribution in [0.5, 0.6) is 5.75 Å². The van der Waals surface area contributed by atoms with Crippen molar-refractivity contribution in [3.8, 4) is 5.75 Å². The first-order valence-corrected chi connectivity index (χ1v) is 13.3. The molecular weight excluding hydrogens is 582 g/mol. The van der Waals surface area contributed by atoms with Crippen LogP contribution < -0.4 is 15.2 Å². The number of carbonyl (C=O) groups is 3. The van der Waals surface area contributed by atoms with Crippen molar-refractivity contribution in [2.24, 2.45) is 5.14 Å². The molecule has 2 aromatic rings. The van der Waals surface area contributed by atoms with Crippen molar-refractivity contribution in [1.82, 2.24) is 4.90 Å². The van der Waals surface area contributed by atoms with Crippen LogP contribution in [0, 0.1) is 0 Å². The molecule has 184 valence electrons. The van der Waals surface area contributed by atoms with Gasteiger partial charge in [0.05, 0.1) is 16.2 Å². The van der Waals surface area contributed by atoms with E-state index in [1.165, 1.54) is 29.2 Å². The minimum atomic E-state index is -3.84. The maximum absolute atomic E-state index is 12.7. The first-order valence-electron chi connectivity index (χ1n) is 9.76. The molecular formula is C21H18BrN3O7S3. The molecule has 0 aliphatic carbocycles. The molecule has 1 saturated heterocycles. The van der Waals surface area contributed by atoms with Crippen LogP contribution in [-0.2, 0) is 24.4 Å². The summed E-state index contributed by atoms with van der Waals surface area (Å²) in [7, 11) is -3.84. The minimum Gasteiger partial charge on any atom is -0.483 e. The third kappa shape index (κ3) is 7.35. The number of carbonyl (C=O) groups excluding carboxylic acids is 2. The van der Waals surface area contributed by atoms with Crippen LogP contribution in [-0.4, -0.2) is 53.7 Å². The largest absolute Gasteiger partial charge is 0.483 e. The summed E-state index contributed by atoms with van der Waals surface area (Å²) in [5.74, 6) is -1.62. The zero-order valence-corrected chi connectivity index (χ0v) is 21.8. The van der Waals surface area contributed by atoms with Crippen molar-refractivity contribution in [3.05, 3.63) is 57.4 Å². The molecule has 1 aliphatic rings. The molecule has 0 saturated carbocycles. The van der Waals surface area contributed by atoms with Crippen LogP contribution in [0.1, 0.15) is 12.0 Å². The van der Waals surface area contributed by atoms with E-state index in [9.17, 15) is 22.8 Å². The second-order valence-electron chi connectivity index (χ2n) is 7.07. The fourth-order valence-corrected chi connectivity index (χ4v) is 5.07. The van der Waals surface area contributed by atoms with E-state index in [1.54, 1.807) is 24.3 Å². The molecule has 4 N–H and O–H groups in total. The van der Waals surface area contributed by atoms with E-state index in [0.29, 0.717) is 26.4 Å². The maximum atomic E-state index is 12.7. The van der Waals surface area contributed by atoms with Crippen molar-refractivity contribution in [2.75, 3.05) is 18.5 Å². The number of anilines is 1. The number of ether oxygens (including phenoxy) is 1. The van der Waals surface area contributed by atoms with E-state index in [-0.39, 0.29) is 28.8 Å². The molecule has 0 spiro atoms. The normalized spacial score (nSPS) is 14.9. The second kappa shape index (κ2) is 11.3. The van der Waals surface area contributed by atoms with Gasteiger partial charge in [-0.3, -0.25) is 19.3 Å². The second-order valence-corrected chi connectivity index (χ2v) is 11.2. The van der Waals surface area contributed by atoms with Gasteiger partial charge in [-0.05, 0) is 48.5 Å². The van der Waals surface area contributed by atoms with Gasteiger partial charge < -0.3 is 15.2 Å². The Morgan fingerprint density at radius 2 is 1.91 bits per heavy atom. The molecule has 0 aromatic heterocycles. The molecule has 0 atom stereocenters. The molecule has 10 nitrogen and oxygen atoms in total. The highest BCUT2D eigenvalue weighted by atomic mass is 79.9. The SMILES string of the molecule is NS(=O)(=O)c1ccc(NC(=O)COc2ccc(Br)cc2/C=C2\SC(=S)N(CCC(=O)O)C2=O)cc1.